The van der Waals surface area contributed by atoms with Crippen molar-refractivity contribution in [3.8, 4) is 0 Å². The Morgan fingerprint density at radius 3 is 2.50 bits per heavy atom. The van der Waals surface area contributed by atoms with E-state index in [9.17, 15) is 0 Å². The molecule has 1 fully saturated rings. The minimum atomic E-state index is -0.0404. The van der Waals surface area contributed by atoms with Crippen molar-refractivity contribution in [3.63, 3.8) is 0 Å². The molecule has 0 bridgehead atoms. The molecule has 1 aromatic rings. The van der Waals surface area contributed by atoms with Gasteiger partial charge in [-0.25, -0.2) is 0 Å². The van der Waals surface area contributed by atoms with E-state index in [4.69, 9.17) is 10.5 Å². The van der Waals surface area contributed by atoms with E-state index in [-0.39, 0.29) is 5.60 Å². The van der Waals surface area contributed by atoms with Crippen LogP contribution in [0.1, 0.15) is 38.2 Å². The molecule has 0 aliphatic heterocycles. The number of hydrogen-bond acceptors (Lipinski definition) is 2. The lowest BCUT2D eigenvalue weighted by Crippen LogP contribution is -2.44. The van der Waals surface area contributed by atoms with Crippen LogP contribution in [0.3, 0.4) is 0 Å². The molecule has 2 N–H and O–H groups in total. The van der Waals surface area contributed by atoms with E-state index in [2.05, 4.69) is 31.2 Å². The molecule has 1 saturated carbocycles. The molecule has 1 aliphatic rings. The third-order valence-corrected chi connectivity index (χ3v) is 4.20. The molecule has 0 amide bonds. The fraction of sp³-hybridized carbons (Fsp3) is 0.625. The zero-order valence-electron chi connectivity index (χ0n) is 11.4. The van der Waals surface area contributed by atoms with Gasteiger partial charge in [-0.05, 0) is 43.6 Å². The van der Waals surface area contributed by atoms with Crippen molar-refractivity contribution in [2.24, 2.45) is 11.7 Å². The van der Waals surface area contributed by atoms with Crippen molar-refractivity contribution in [1.82, 2.24) is 0 Å². The van der Waals surface area contributed by atoms with Gasteiger partial charge in [0.1, 0.15) is 0 Å². The first-order chi connectivity index (χ1) is 8.74. The molecule has 2 heteroatoms. The monoisotopic (exact) mass is 247 g/mol. The quantitative estimate of drug-likeness (QED) is 0.867. The predicted molar refractivity (Wildman–Crippen MR) is 75.5 cm³/mol. The van der Waals surface area contributed by atoms with Crippen molar-refractivity contribution in [2.45, 2.75) is 44.6 Å². The summed E-state index contributed by atoms with van der Waals surface area (Å²) >= 11 is 0. The lowest BCUT2D eigenvalue weighted by Gasteiger charge is -2.38. The van der Waals surface area contributed by atoms with Gasteiger partial charge in [-0.2, -0.15) is 0 Å². The Kier molecular flexibility index (Phi) is 4.79. The number of hydrogen-bond donors (Lipinski definition) is 1. The summed E-state index contributed by atoms with van der Waals surface area (Å²) in [6.07, 6.45) is 5.74. The zero-order chi connectivity index (χ0) is 12.8. The van der Waals surface area contributed by atoms with Gasteiger partial charge < -0.3 is 10.5 Å². The van der Waals surface area contributed by atoms with Crippen molar-refractivity contribution < 1.29 is 4.74 Å². The van der Waals surface area contributed by atoms with E-state index < -0.39 is 0 Å². The summed E-state index contributed by atoms with van der Waals surface area (Å²) < 4.78 is 6.15. The second kappa shape index (κ2) is 6.35. The lowest BCUT2D eigenvalue weighted by molar-refractivity contribution is -0.0688. The van der Waals surface area contributed by atoms with Crippen molar-refractivity contribution >= 4 is 0 Å². The fourth-order valence-corrected chi connectivity index (χ4v) is 2.73. The maximum Gasteiger partial charge on any atom is 0.0804 e. The highest BCUT2D eigenvalue weighted by Crippen LogP contribution is 2.34. The van der Waals surface area contributed by atoms with Gasteiger partial charge in [-0.3, -0.25) is 0 Å². The molecule has 1 aliphatic carbocycles. The number of nitrogens with two attached hydrogens (primary N) is 1. The third kappa shape index (κ3) is 3.56. The first kappa shape index (κ1) is 13.6. The highest BCUT2D eigenvalue weighted by atomic mass is 16.5. The maximum absolute atomic E-state index is 6.15. The molecule has 0 atom stereocenters. The van der Waals surface area contributed by atoms with Crippen LogP contribution in [0.25, 0.3) is 0 Å². The molecular weight excluding hydrogens is 222 g/mol. The van der Waals surface area contributed by atoms with Crippen LogP contribution < -0.4 is 5.73 Å². The van der Waals surface area contributed by atoms with Crippen molar-refractivity contribution in [2.75, 3.05) is 13.2 Å². The lowest BCUT2D eigenvalue weighted by atomic mass is 9.79. The Morgan fingerprint density at radius 1 is 1.22 bits per heavy atom. The van der Waals surface area contributed by atoms with Gasteiger partial charge in [0.25, 0.3) is 0 Å². The van der Waals surface area contributed by atoms with Gasteiger partial charge in [-0.15, -0.1) is 0 Å². The average molecular weight is 247 g/mol. The molecule has 18 heavy (non-hydrogen) atoms. The normalized spacial score (nSPS) is 28.2. The highest BCUT2D eigenvalue weighted by Gasteiger charge is 2.33. The Morgan fingerprint density at radius 2 is 1.89 bits per heavy atom. The number of rotatable bonds is 5. The smallest absolute Gasteiger partial charge is 0.0804 e. The second-order valence-electron chi connectivity index (χ2n) is 5.65. The van der Waals surface area contributed by atoms with E-state index in [1.54, 1.807) is 0 Å². The van der Waals surface area contributed by atoms with E-state index in [0.29, 0.717) is 6.54 Å². The topological polar surface area (TPSA) is 35.2 Å². The van der Waals surface area contributed by atoms with Crippen LogP contribution in [-0.2, 0) is 11.2 Å². The summed E-state index contributed by atoms with van der Waals surface area (Å²) in [4.78, 5) is 0. The predicted octanol–water partition coefficient (Wildman–Crippen LogP) is 3.15. The van der Waals surface area contributed by atoms with Crippen LogP contribution in [-0.4, -0.2) is 18.8 Å². The first-order valence-electron chi connectivity index (χ1n) is 7.12. The molecule has 0 heterocycles. The third-order valence-electron chi connectivity index (χ3n) is 4.20. The van der Waals surface area contributed by atoms with E-state index in [1.165, 1.54) is 18.4 Å². The van der Waals surface area contributed by atoms with Crippen molar-refractivity contribution in [1.29, 1.82) is 0 Å². The van der Waals surface area contributed by atoms with Gasteiger partial charge in [0, 0.05) is 6.54 Å². The Labute approximate surface area is 111 Å². The summed E-state index contributed by atoms with van der Waals surface area (Å²) in [5.41, 5.74) is 7.24. The standard InChI is InChI=1S/C16H25NO/c1-14-7-10-16(13-17,11-8-14)18-12-9-15-5-3-2-4-6-15/h2-6,14H,7-13,17H2,1H3. The molecule has 0 saturated heterocycles. The molecule has 0 aromatic heterocycles. The molecule has 2 nitrogen and oxygen atoms in total. The molecule has 100 valence electrons. The summed E-state index contributed by atoms with van der Waals surface area (Å²) in [6, 6.07) is 10.5. The molecule has 0 spiro atoms. The number of ether oxygens (including phenoxy) is 1. The minimum absolute atomic E-state index is 0.0404. The summed E-state index contributed by atoms with van der Waals surface area (Å²) in [7, 11) is 0. The van der Waals surface area contributed by atoms with Crippen LogP contribution >= 0.6 is 0 Å². The van der Waals surface area contributed by atoms with E-state index >= 15 is 0 Å². The zero-order valence-corrected chi connectivity index (χ0v) is 11.4. The van der Waals surface area contributed by atoms with Gasteiger partial charge in [0.2, 0.25) is 0 Å². The van der Waals surface area contributed by atoms with Gasteiger partial charge in [-0.1, -0.05) is 37.3 Å². The Balaban J connectivity index is 1.81. The summed E-state index contributed by atoms with van der Waals surface area (Å²) in [5.74, 6) is 0.836. The van der Waals surface area contributed by atoms with Crippen LogP contribution in [0.15, 0.2) is 30.3 Å². The average Bonchev–Trinajstić information content (AvgIpc) is 2.43. The summed E-state index contributed by atoms with van der Waals surface area (Å²) in [5, 5.41) is 0. The van der Waals surface area contributed by atoms with Crippen LogP contribution in [0.5, 0.6) is 0 Å². The maximum atomic E-state index is 6.15. The number of benzene rings is 1. The van der Waals surface area contributed by atoms with Gasteiger partial charge in [0.05, 0.1) is 12.2 Å². The first-order valence-corrected chi connectivity index (χ1v) is 7.12. The van der Waals surface area contributed by atoms with Crippen molar-refractivity contribution in [3.05, 3.63) is 35.9 Å². The highest BCUT2D eigenvalue weighted by molar-refractivity contribution is 5.14. The molecule has 0 unspecified atom stereocenters. The minimum Gasteiger partial charge on any atom is -0.373 e. The van der Waals surface area contributed by atoms with Gasteiger partial charge in [0.15, 0.2) is 0 Å². The second-order valence-corrected chi connectivity index (χ2v) is 5.65. The van der Waals surface area contributed by atoms with Crippen LogP contribution in [0.4, 0.5) is 0 Å². The molecule has 0 radical (unpaired) electrons. The summed E-state index contributed by atoms with van der Waals surface area (Å²) in [6.45, 7) is 3.77. The Hall–Kier alpha value is -0.860. The SMILES string of the molecule is CC1CCC(CN)(OCCc2ccccc2)CC1. The van der Waals surface area contributed by atoms with Crippen LogP contribution in [0.2, 0.25) is 0 Å². The molecular formula is C16H25NO. The van der Waals surface area contributed by atoms with E-state index in [1.807, 2.05) is 6.07 Å². The molecule has 1 aromatic carbocycles. The van der Waals surface area contributed by atoms with Gasteiger partial charge >= 0.3 is 0 Å². The van der Waals surface area contributed by atoms with Crippen LogP contribution in [0, 0.1) is 5.92 Å². The largest absolute Gasteiger partial charge is 0.373 e. The Bertz CT molecular complexity index is 341. The molecule has 2 rings (SSSR count). The fourth-order valence-electron chi connectivity index (χ4n) is 2.73. The van der Waals surface area contributed by atoms with E-state index in [0.717, 1.165) is 31.8 Å².